The van der Waals surface area contributed by atoms with Crippen LogP contribution in [-0.4, -0.2) is 36.9 Å². The highest BCUT2D eigenvalue weighted by molar-refractivity contribution is 5.78. The van der Waals surface area contributed by atoms with Crippen molar-refractivity contribution in [1.29, 1.82) is 0 Å². The molecule has 0 aliphatic rings. The molecule has 0 aliphatic heterocycles. The Morgan fingerprint density at radius 2 is 1.76 bits per heavy atom. The fraction of sp³-hybridized carbons (Fsp3) is 0.923. The highest BCUT2D eigenvalue weighted by atomic mass is 16.5. The molecule has 0 bridgehead atoms. The van der Waals surface area contributed by atoms with Crippen LogP contribution in [0.15, 0.2) is 0 Å². The third kappa shape index (κ3) is 5.50. The predicted molar refractivity (Wildman–Crippen MR) is 68.7 cm³/mol. The van der Waals surface area contributed by atoms with Crippen LogP contribution >= 0.6 is 0 Å². The van der Waals surface area contributed by atoms with Gasteiger partial charge in [-0.3, -0.25) is 0 Å². The van der Waals surface area contributed by atoms with E-state index in [0.717, 1.165) is 6.54 Å². The summed E-state index contributed by atoms with van der Waals surface area (Å²) in [6.07, 6.45) is 0. The second-order valence-electron chi connectivity index (χ2n) is 5.55. The summed E-state index contributed by atoms with van der Waals surface area (Å²) in [5.74, 6) is 1.08. The monoisotopic (exact) mass is 245 g/mol. The summed E-state index contributed by atoms with van der Waals surface area (Å²) in [4.78, 5) is 11.3. The Bertz CT molecular complexity index is 229. The van der Waals surface area contributed by atoms with Gasteiger partial charge in [0.25, 0.3) is 0 Å². The summed E-state index contributed by atoms with van der Waals surface area (Å²) in [6, 6.07) is 0. The molecule has 0 heterocycles. The van der Waals surface area contributed by atoms with Crippen LogP contribution in [0, 0.1) is 17.8 Å². The van der Waals surface area contributed by atoms with Gasteiger partial charge in [-0.05, 0) is 31.2 Å². The minimum Gasteiger partial charge on any atom is -0.467 e. The number of nitrogens with one attached hydrogen (secondary N) is 1. The van der Waals surface area contributed by atoms with Crippen LogP contribution in [0.5, 0.6) is 0 Å². The number of aliphatic hydroxyl groups is 1. The molecule has 0 fully saturated rings. The summed E-state index contributed by atoms with van der Waals surface area (Å²) in [6.45, 7) is 11.2. The molecular formula is C13H27NO3. The van der Waals surface area contributed by atoms with Crippen LogP contribution in [0.25, 0.3) is 0 Å². The fourth-order valence-electron chi connectivity index (χ4n) is 2.02. The zero-order chi connectivity index (χ0) is 13.6. The molecule has 1 unspecified atom stereocenters. The molecule has 0 saturated carbocycles. The molecule has 17 heavy (non-hydrogen) atoms. The highest BCUT2D eigenvalue weighted by Crippen LogP contribution is 2.19. The van der Waals surface area contributed by atoms with Crippen LogP contribution in [0.4, 0.5) is 0 Å². The lowest BCUT2D eigenvalue weighted by atomic mass is 9.85. The Kier molecular flexibility index (Phi) is 6.72. The third-order valence-electron chi connectivity index (χ3n) is 3.19. The van der Waals surface area contributed by atoms with Gasteiger partial charge in [0.15, 0.2) is 5.60 Å². The minimum absolute atomic E-state index is 0.218. The first-order valence-corrected chi connectivity index (χ1v) is 6.24. The number of carbonyl (C=O) groups is 1. The van der Waals surface area contributed by atoms with Crippen molar-refractivity contribution in [2.75, 3.05) is 20.2 Å². The first kappa shape index (κ1) is 16.4. The van der Waals surface area contributed by atoms with Gasteiger partial charge in [0.05, 0.1) is 7.11 Å². The molecule has 0 spiro atoms. The zero-order valence-electron chi connectivity index (χ0n) is 11.9. The number of esters is 1. The molecule has 0 aromatic rings. The standard InChI is InChI=1S/C13H27NO3/c1-9(2)11(10(3)4)7-14-8-13(5,16)12(15)17-6/h9-11,14,16H,7-8H2,1-6H3. The van der Waals surface area contributed by atoms with Crippen molar-refractivity contribution in [2.24, 2.45) is 17.8 Å². The summed E-state index contributed by atoms with van der Waals surface area (Å²) < 4.78 is 4.54. The van der Waals surface area contributed by atoms with Crippen molar-refractivity contribution >= 4 is 5.97 Å². The highest BCUT2D eigenvalue weighted by Gasteiger charge is 2.31. The minimum atomic E-state index is -1.45. The number of methoxy groups -OCH3 is 1. The van der Waals surface area contributed by atoms with Crippen LogP contribution in [0.3, 0.4) is 0 Å². The average Bonchev–Trinajstić information content (AvgIpc) is 2.21. The van der Waals surface area contributed by atoms with Gasteiger partial charge >= 0.3 is 5.97 Å². The van der Waals surface area contributed by atoms with E-state index >= 15 is 0 Å². The van der Waals surface area contributed by atoms with Crippen molar-refractivity contribution in [1.82, 2.24) is 5.32 Å². The number of hydrogen-bond donors (Lipinski definition) is 2. The van der Waals surface area contributed by atoms with E-state index in [2.05, 4.69) is 37.7 Å². The molecule has 2 N–H and O–H groups in total. The van der Waals surface area contributed by atoms with Crippen molar-refractivity contribution in [2.45, 2.75) is 40.2 Å². The van der Waals surface area contributed by atoms with E-state index in [1.165, 1.54) is 14.0 Å². The molecular weight excluding hydrogens is 218 g/mol. The maximum atomic E-state index is 11.3. The molecule has 1 atom stereocenters. The maximum absolute atomic E-state index is 11.3. The SMILES string of the molecule is COC(=O)C(C)(O)CNCC(C(C)C)C(C)C. The van der Waals surface area contributed by atoms with Crippen LogP contribution in [0.2, 0.25) is 0 Å². The van der Waals surface area contributed by atoms with Crippen LogP contribution in [0.1, 0.15) is 34.6 Å². The van der Waals surface area contributed by atoms with Crippen molar-refractivity contribution in [3.8, 4) is 0 Å². The number of hydrogen-bond acceptors (Lipinski definition) is 4. The molecule has 0 saturated heterocycles. The average molecular weight is 245 g/mol. The molecule has 0 aliphatic carbocycles. The molecule has 0 aromatic carbocycles. The lowest BCUT2D eigenvalue weighted by molar-refractivity contribution is -0.159. The van der Waals surface area contributed by atoms with Crippen molar-refractivity contribution in [3.05, 3.63) is 0 Å². The Labute approximate surface area is 105 Å². The second-order valence-corrected chi connectivity index (χ2v) is 5.55. The summed E-state index contributed by atoms with van der Waals surface area (Å²) >= 11 is 0. The summed E-state index contributed by atoms with van der Waals surface area (Å²) in [5, 5.41) is 13.0. The van der Waals surface area contributed by atoms with E-state index in [-0.39, 0.29) is 6.54 Å². The Morgan fingerprint density at radius 3 is 2.12 bits per heavy atom. The molecule has 0 rings (SSSR count). The van der Waals surface area contributed by atoms with E-state index in [1.54, 1.807) is 0 Å². The quantitative estimate of drug-likeness (QED) is 0.666. The lowest BCUT2D eigenvalue weighted by Crippen LogP contribution is -2.47. The smallest absolute Gasteiger partial charge is 0.338 e. The van der Waals surface area contributed by atoms with E-state index in [0.29, 0.717) is 17.8 Å². The maximum Gasteiger partial charge on any atom is 0.338 e. The first-order valence-electron chi connectivity index (χ1n) is 6.24. The lowest BCUT2D eigenvalue weighted by Gasteiger charge is -2.27. The van der Waals surface area contributed by atoms with Gasteiger partial charge in [0.2, 0.25) is 0 Å². The number of rotatable bonds is 7. The first-order chi connectivity index (χ1) is 7.72. The van der Waals surface area contributed by atoms with E-state index in [9.17, 15) is 9.90 Å². The molecule has 0 aromatic heterocycles. The van der Waals surface area contributed by atoms with E-state index in [1.807, 2.05) is 0 Å². The van der Waals surface area contributed by atoms with Gasteiger partial charge in [-0.15, -0.1) is 0 Å². The van der Waals surface area contributed by atoms with Gasteiger partial charge in [-0.2, -0.15) is 0 Å². The van der Waals surface area contributed by atoms with Crippen LogP contribution in [-0.2, 0) is 9.53 Å². The molecule has 102 valence electrons. The Hall–Kier alpha value is -0.610. The van der Waals surface area contributed by atoms with Gasteiger partial charge in [0.1, 0.15) is 0 Å². The van der Waals surface area contributed by atoms with E-state index in [4.69, 9.17) is 0 Å². The van der Waals surface area contributed by atoms with E-state index < -0.39 is 11.6 Å². The largest absolute Gasteiger partial charge is 0.467 e. The van der Waals surface area contributed by atoms with Gasteiger partial charge in [0, 0.05) is 6.54 Å². The van der Waals surface area contributed by atoms with Gasteiger partial charge in [-0.1, -0.05) is 27.7 Å². The number of carbonyl (C=O) groups excluding carboxylic acids is 1. The summed E-state index contributed by atoms with van der Waals surface area (Å²) in [7, 11) is 1.28. The zero-order valence-corrected chi connectivity index (χ0v) is 11.9. The predicted octanol–water partition coefficient (Wildman–Crippen LogP) is 1.43. The molecule has 4 nitrogen and oxygen atoms in total. The third-order valence-corrected chi connectivity index (χ3v) is 3.19. The topological polar surface area (TPSA) is 58.6 Å². The molecule has 0 amide bonds. The molecule has 4 heteroatoms. The van der Waals surface area contributed by atoms with Crippen molar-refractivity contribution < 1.29 is 14.6 Å². The fourth-order valence-corrected chi connectivity index (χ4v) is 2.02. The normalized spacial score (nSPS) is 15.4. The second kappa shape index (κ2) is 6.97. The van der Waals surface area contributed by atoms with Crippen molar-refractivity contribution in [3.63, 3.8) is 0 Å². The van der Waals surface area contributed by atoms with Gasteiger partial charge in [-0.25, -0.2) is 4.79 Å². The molecule has 0 radical (unpaired) electrons. The van der Waals surface area contributed by atoms with Crippen LogP contribution < -0.4 is 5.32 Å². The van der Waals surface area contributed by atoms with Gasteiger partial charge < -0.3 is 15.2 Å². The Morgan fingerprint density at radius 1 is 1.29 bits per heavy atom. The summed E-state index contributed by atoms with van der Waals surface area (Å²) in [5.41, 5.74) is -1.45. The number of ether oxygens (including phenoxy) is 1. The Balaban J connectivity index is 4.17.